The van der Waals surface area contributed by atoms with Crippen LogP contribution in [0.15, 0.2) is 45.5 Å². The van der Waals surface area contributed by atoms with Gasteiger partial charge in [0.25, 0.3) is 5.89 Å². The lowest BCUT2D eigenvalue weighted by Crippen LogP contribution is -1.86. The van der Waals surface area contributed by atoms with E-state index in [1.54, 1.807) is 30.5 Å². The maximum absolute atomic E-state index is 9.66. The second-order valence-electron chi connectivity index (χ2n) is 3.92. The fourth-order valence-electron chi connectivity index (χ4n) is 1.63. The third-order valence-corrected chi connectivity index (χ3v) is 3.56. The molecule has 0 aliphatic heterocycles. The number of aromatic hydroxyl groups is 1. The van der Waals surface area contributed by atoms with Gasteiger partial charge >= 0.3 is 0 Å². The molecule has 0 bridgehead atoms. The van der Waals surface area contributed by atoms with Crippen molar-refractivity contribution in [1.82, 2.24) is 15.1 Å². The first-order valence-corrected chi connectivity index (χ1v) is 6.76. The predicted molar refractivity (Wildman–Crippen MR) is 77.3 cm³/mol. The van der Waals surface area contributed by atoms with E-state index >= 15 is 0 Å². The first-order chi connectivity index (χ1) is 9.65. The van der Waals surface area contributed by atoms with Gasteiger partial charge in [0, 0.05) is 11.8 Å². The fourth-order valence-corrected chi connectivity index (χ4v) is 2.09. The van der Waals surface area contributed by atoms with Gasteiger partial charge in [-0.15, -0.1) is 0 Å². The highest BCUT2D eigenvalue weighted by molar-refractivity contribution is 9.10. The second-order valence-corrected chi connectivity index (χ2v) is 5.18. The number of hydrogen-bond acceptors (Lipinski definition) is 5. The highest BCUT2D eigenvalue weighted by Gasteiger charge is 2.14. The number of benzene rings is 1. The van der Waals surface area contributed by atoms with Crippen LogP contribution in [-0.4, -0.2) is 20.2 Å². The average molecular weight is 353 g/mol. The van der Waals surface area contributed by atoms with E-state index < -0.39 is 0 Å². The molecule has 0 spiro atoms. The molecule has 5 nitrogen and oxygen atoms in total. The minimum atomic E-state index is 0.0955. The molecule has 0 saturated heterocycles. The van der Waals surface area contributed by atoms with Crippen LogP contribution >= 0.6 is 27.5 Å². The number of rotatable bonds is 2. The van der Waals surface area contributed by atoms with E-state index in [2.05, 4.69) is 31.1 Å². The molecule has 0 amide bonds. The number of nitrogens with zero attached hydrogens (tertiary/aromatic N) is 3. The summed E-state index contributed by atoms with van der Waals surface area (Å²) in [6.07, 6.45) is 1.60. The van der Waals surface area contributed by atoms with E-state index in [1.807, 2.05) is 0 Å². The predicted octanol–water partition coefficient (Wildman–Crippen LogP) is 3.92. The largest absolute Gasteiger partial charge is 0.507 e. The molecular weight excluding hydrogens is 346 g/mol. The van der Waals surface area contributed by atoms with Gasteiger partial charge in [0.1, 0.15) is 11.4 Å². The molecule has 2 aromatic heterocycles. The van der Waals surface area contributed by atoms with E-state index in [1.165, 1.54) is 6.07 Å². The van der Waals surface area contributed by atoms with Crippen LogP contribution in [0.1, 0.15) is 0 Å². The van der Waals surface area contributed by atoms with E-state index in [0.29, 0.717) is 26.6 Å². The molecule has 3 rings (SSSR count). The molecule has 0 unspecified atom stereocenters. The summed E-state index contributed by atoms with van der Waals surface area (Å²) in [5, 5.41) is 14.0. The van der Waals surface area contributed by atoms with Crippen molar-refractivity contribution in [2.24, 2.45) is 0 Å². The summed E-state index contributed by atoms with van der Waals surface area (Å²) >= 11 is 9.24. The van der Waals surface area contributed by atoms with Crippen LogP contribution in [0.25, 0.3) is 23.0 Å². The summed E-state index contributed by atoms with van der Waals surface area (Å²) in [5.74, 6) is 0.677. The Hall–Kier alpha value is -1.92. The molecule has 0 radical (unpaired) electrons. The quantitative estimate of drug-likeness (QED) is 0.757. The van der Waals surface area contributed by atoms with Crippen molar-refractivity contribution in [3.63, 3.8) is 0 Å². The monoisotopic (exact) mass is 351 g/mol. The van der Waals surface area contributed by atoms with Gasteiger partial charge in [-0.1, -0.05) is 16.8 Å². The van der Waals surface area contributed by atoms with Crippen LogP contribution in [0.2, 0.25) is 5.02 Å². The standard InChI is InChI=1S/C13H7BrClN3O2/c14-8-4-3-7(6-10(8)19)13-17-12(18-20-13)11-9(15)2-1-5-16-11/h1-6,19H. The van der Waals surface area contributed by atoms with Gasteiger partial charge in [-0.3, -0.25) is 4.98 Å². The van der Waals surface area contributed by atoms with Crippen molar-refractivity contribution in [3.05, 3.63) is 46.0 Å². The van der Waals surface area contributed by atoms with Gasteiger partial charge in [0.2, 0.25) is 5.82 Å². The minimum absolute atomic E-state index is 0.0955. The summed E-state index contributed by atoms with van der Waals surface area (Å²) in [6.45, 7) is 0. The van der Waals surface area contributed by atoms with Gasteiger partial charge in [-0.05, 0) is 46.3 Å². The Labute approximate surface area is 127 Å². The lowest BCUT2D eigenvalue weighted by Gasteiger charge is -1.98. The Kier molecular flexibility index (Phi) is 3.42. The number of phenolic OH excluding ortho intramolecular Hbond substituents is 1. The Balaban J connectivity index is 2.02. The smallest absolute Gasteiger partial charge is 0.258 e. The number of pyridine rings is 1. The summed E-state index contributed by atoms with van der Waals surface area (Å²) in [4.78, 5) is 8.34. The van der Waals surface area contributed by atoms with E-state index in [-0.39, 0.29) is 11.6 Å². The van der Waals surface area contributed by atoms with Gasteiger partial charge in [0.15, 0.2) is 0 Å². The van der Waals surface area contributed by atoms with E-state index in [4.69, 9.17) is 16.1 Å². The van der Waals surface area contributed by atoms with E-state index in [9.17, 15) is 5.11 Å². The van der Waals surface area contributed by atoms with Crippen molar-refractivity contribution >= 4 is 27.5 Å². The lowest BCUT2D eigenvalue weighted by atomic mass is 10.2. The van der Waals surface area contributed by atoms with Crippen molar-refractivity contribution in [1.29, 1.82) is 0 Å². The van der Waals surface area contributed by atoms with Crippen molar-refractivity contribution in [2.45, 2.75) is 0 Å². The normalized spacial score (nSPS) is 10.7. The van der Waals surface area contributed by atoms with Crippen LogP contribution in [0.5, 0.6) is 5.75 Å². The molecule has 0 atom stereocenters. The Morgan fingerprint density at radius 2 is 2.10 bits per heavy atom. The molecule has 1 aromatic carbocycles. The maximum Gasteiger partial charge on any atom is 0.258 e. The molecular formula is C13H7BrClN3O2. The van der Waals surface area contributed by atoms with Crippen molar-refractivity contribution in [3.8, 4) is 28.7 Å². The highest BCUT2D eigenvalue weighted by atomic mass is 79.9. The molecule has 0 saturated carbocycles. The molecule has 2 heterocycles. The Morgan fingerprint density at radius 1 is 1.25 bits per heavy atom. The summed E-state index contributed by atoms with van der Waals surface area (Å²) in [5.41, 5.74) is 1.06. The topological polar surface area (TPSA) is 72.0 Å². The van der Waals surface area contributed by atoms with E-state index in [0.717, 1.165) is 0 Å². The molecule has 1 N–H and O–H groups in total. The Morgan fingerprint density at radius 3 is 2.85 bits per heavy atom. The van der Waals surface area contributed by atoms with Crippen LogP contribution in [-0.2, 0) is 0 Å². The highest BCUT2D eigenvalue weighted by Crippen LogP contribution is 2.30. The van der Waals surface area contributed by atoms with Crippen molar-refractivity contribution < 1.29 is 9.63 Å². The van der Waals surface area contributed by atoms with Gasteiger partial charge in [0.05, 0.1) is 9.50 Å². The molecule has 100 valence electrons. The second kappa shape index (κ2) is 5.22. The van der Waals surface area contributed by atoms with Crippen LogP contribution in [0.4, 0.5) is 0 Å². The average Bonchev–Trinajstić information content (AvgIpc) is 2.92. The molecule has 7 heteroatoms. The summed E-state index contributed by atoms with van der Waals surface area (Å²) in [7, 11) is 0. The zero-order chi connectivity index (χ0) is 14.1. The zero-order valence-electron chi connectivity index (χ0n) is 9.92. The van der Waals surface area contributed by atoms with Crippen LogP contribution < -0.4 is 0 Å². The maximum atomic E-state index is 9.66. The van der Waals surface area contributed by atoms with Gasteiger partial charge in [-0.2, -0.15) is 4.98 Å². The minimum Gasteiger partial charge on any atom is -0.507 e. The van der Waals surface area contributed by atoms with Gasteiger partial charge in [-0.25, -0.2) is 0 Å². The number of aromatic nitrogens is 3. The number of hydrogen-bond donors (Lipinski definition) is 1. The summed E-state index contributed by atoms with van der Waals surface area (Å²) < 4.78 is 5.76. The molecule has 3 aromatic rings. The molecule has 0 fully saturated rings. The molecule has 20 heavy (non-hydrogen) atoms. The fraction of sp³-hybridized carbons (Fsp3) is 0. The first kappa shape index (κ1) is 13.1. The third kappa shape index (κ3) is 2.39. The molecule has 0 aliphatic rings. The first-order valence-electron chi connectivity index (χ1n) is 5.58. The lowest BCUT2D eigenvalue weighted by molar-refractivity contribution is 0.431. The van der Waals surface area contributed by atoms with Gasteiger partial charge < -0.3 is 9.63 Å². The molecule has 0 aliphatic carbocycles. The Bertz CT molecular complexity index is 776. The van der Waals surface area contributed by atoms with Crippen LogP contribution in [0, 0.1) is 0 Å². The number of phenols is 1. The van der Waals surface area contributed by atoms with Crippen LogP contribution in [0.3, 0.4) is 0 Å². The summed E-state index contributed by atoms with van der Waals surface area (Å²) in [6, 6.07) is 8.40. The SMILES string of the molecule is Oc1cc(-c2nc(-c3ncccc3Cl)no2)ccc1Br. The number of halogens is 2. The zero-order valence-corrected chi connectivity index (χ0v) is 12.3. The third-order valence-electron chi connectivity index (χ3n) is 2.59. The van der Waals surface area contributed by atoms with Crippen molar-refractivity contribution in [2.75, 3.05) is 0 Å².